The molecule has 0 saturated heterocycles. The van der Waals surface area contributed by atoms with E-state index in [4.69, 9.17) is 20.3 Å². The van der Waals surface area contributed by atoms with Gasteiger partial charge in [0.05, 0.1) is 0 Å². The number of nitrogens with two attached hydrogens (primary N) is 2. The number of aryl methyl sites for hydroxylation is 1. The topological polar surface area (TPSA) is 115 Å². The fourth-order valence-corrected chi connectivity index (χ4v) is 3.96. The van der Waals surface area contributed by atoms with Crippen molar-refractivity contribution in [2.45, 2.75) is 39.0 Å². The molecule has 7 nitrogen and oxygen atoms in total. The van der Waals surface area contributed by atoms with Crippen molar-refractivity contribution in [2.24, 2.45) is 27.4 Å². The van der Waals surface area contributed by atoms with Gasteiger partial charge in [-0.2, -0.15) is 0 Å². The van der Waals surface area contributed by atoms with Crippen LogP contribution in [0.3, 0.4) is 0 Å². The maximum absolute atomic E-state index is 8.58. The number of hydrogen-bond acceptors (Lipinski definition) is 5. The number of benzene rings is 2. The molecule has 3 rings (SSSR count). The lowest BCUT2D eigenvalue weighted by Crippen LogP contribution is -2.18. The minimum Gasteiger partial charge on any atom is -0.426 e. The van der Waals surface area contributed by atoms with E-state index in [0.29, 0.717) is 18.1 Å². The van der Waals surface area contributed by atoms with Gasteiger partial charge >= 0.3 is 0 Å². The van der Waals surface area contributed by atoms with Gasteiger partial charge in [-0.25, -0.2) is 4.99 Å². The van der Waals surface area contributed by atoms with Crippen LogP contribution in [0.25, 0.3) is 5.57 Å². The van der Waals surface area contributed by atoms with Crippen molar-refractivity contribution in [2.75, 3.05) is 13.1 Å². The summed E-state index contributed by atoms with van der Waals surface area (Å²) in [5.74, 6) is 1.29. The lowest BCUT2D eigenvalue weighted by molar-refractivity contribution is -0.106. The molecule has 0 aromatic heterocycles. The average molecular weight is 528 g/mol. The molecule has 39 heavy (non-hydrogen) atoms. The molecule has 2 aromatic carbocycles. The van der Waals surface area contributed by atoms with Crippen molar-refractivity contribution in [1.29, 1.82) is 0 Å². The second-order valence-electron chi connectivity index (χ2n) is 9.16. The van der Waals surface area contributed by atoms with E-state index in [1.54, 1.807) is 6.20 Å². The molecule has 1 unspecified atom stereocenters. The first-order valence-corrected chi connectivity index (χ1v) is 13.2. The molecule has 0 radical (unpaired) electrons. The molecule has 0 fully saturated rings. The van der Waals surface area contributed by atoms with Gasteiger partial charge in [0.15, 0.2) is 0 Å². The number of ether oxygens (including phenoxy) is 1. The van der Waals surface area contributed by atoms with E-state index < -0.39 is 0 Å². The summed E-state index contributed by atoms with van der Waals surface area (Å²) >= 11 is 0. The van der Waals surface area contributed by atoms with Crippen molar-refractivity contribution in [3.63, 3.8) is 0 Å². The number of rotatable bonds is 8. The SMILES string of the molecule is C=C(C)c1cccc(CCC2CCN=C/C(C/C=C\N=C(N)Oc3ccccc3)=C\C=C\NCC2)c1.NC=O. The first kappa shape index (κ1) is 30.8. The Kier molecular flexibility index (Phi) is 14.9. The van der Waals surface area contributed by atoms with Gasteiger partial charge in [-0.1, -0.05) is 66.8 Å². The van der Waals surface area contributed by atoms with E-state index in [1.165, 1.54) is 11.1 Å². The molecule has 1 amide bonds. The summed E-state index contributed by atoms with van der Waals surface area (Å²) in [6.45, 7) is 7.93. The summed E-state index contributed by atoms with van der Waals surface area (Å²) in [6, 6.07) is 18.2. The molecule has 206 valence electrons. The summed E-state index contributed by atoms with van der Waals surface area (Å²) < 4.78 is 5.49. The summed E-state index contributed by atoms with van der Waals surface area (Å²) in [7, 11) is 0. The highest BCUT2D eigenvalue weighted by Gasteiger charge is 2.09. The molecular weight excluding hydrogens is 486 g/mol. The highest BCUT2D eigenvalue weighted by molar-refractivity contribution is 5.79. The number of amides is 1. The number of hydrogen-bond donors (Lipinski definition) is 3. The van der Waals surface area contributed by atoms with Crippen LogP contribution < -0.4 is 21.5 Å². The Bertz CT molecular complexity index is 1170. The van der Waals surface area contributed by atoms with Crippen LogP contribution in [-0.4, -0.2) is 31.7 Å². The van der Waals surface area contributed by atoms with E-state index in [1.807, 2.05) is 54.9 Å². The Balaban J connectivity index is 0.00000170. The number of nitrogens with zero attached hydrogens (tertiary/aromatic N) is 2. The Morgan fingerprint density at radius 1 is 1.21 bits per heavy atom. The highest BCUT2D eigenvalue weighted by atomic mass is 16.5. The van der Waals surface area contributed by atoms with Gasteiger partial charge in [0.1, 0.15) is 5.75 Å². The molecule has 1 aliphatic heterocycles. The minimum absolute atomic E-state index is 0.111. The fourth-order valence-electron chi connectivity index (χ4n) is 3.96. The minimum atomic E-state index is 0.111. The molecule has 7 heteroatoms. The largest absolute Gasteiger partial charge is 0.426 e. The molecule has 0 bridgehead atoms. The van der Waals surface area contributed by atoms with Crippen LogP contribution >= 0.6 is 0 Å². The second kappa shape index (κ2) is 18.8. The monoisotopic (exact) mass is 527 g/mol. The van der Waals surface area contributed by atoms with Crippen molar-refractivity contribution >= 4 is 24.2 Å². The Hall–Kier alpha value is -4.39. The third-order valence-electron chi connectivity index (χ3n) is 6.03. The number of aliphatic imine (C=N–C) groups is 2. The zero-order chi connectivity index (χ0) is 28.1. The van der Waals surface area contributed by atoms with Crippen molar-refractivity contribution in [3.05, 3.63) is 109 Å². The standard InChI is InChI=1S/C31H38N4O.CH3NO/c1-25(2)29-12-6-9-27(23-29)16-15-26-17-21-33-19-7-10-28(24-34-22-18-26)11-8-20-35-31(32)36-30-13-4-3-5-14-30;2-1-3/h3-10,12-14,19-20,23-24,26,33H,1,11,15-18,21-22H2,2H3,(H2,32,35);1H,(H2,2,3)/b19-7+,20-8-,28-10-,34-24?;. The predicted octanol–water partition coefficient (Wildman–Crippen LogP) is 5.56. The predicted molar refractivity (Wildman–Crippen MR) is 163 cm³/mol. The van der Waals surface area contributed by atoms with Crippen LogP contribution in [0.15, 0.2) is 107 Å². The van der Waals surface area contributed by atoms with Crippen LogP contribution in [0.2, 0.25) is 0 Å². The van der Waals surface area contributed by atoms with Crippen molar-refractivity contribution < 1.29 is 9.53 Å². The van der Waals surface area contributed by atoms with Crippen LogP contribution in [0, 0.1) is 5.92 Å². The average Bonchev–Trinajstić information content (AvgIpc) is 2.93. The normalized spacial score (nSPS) is 18.2. The number of primary amides is 1. The number of amidine groups is 1. The first-order chi connectivity index (χ1) is 19.0. The van der Waals surface area contributed by atoms with Crippen molar-refractivity contribution in [3.8, 4) is 5.75 Å². The van der Waals surface area contributed by atoms with Gasteiger partial charge in [0.25, 0.3) is 6.02 Å². The lowest BCUT2D eigenvalue weighted by Gasteiger charge is -2.17. The number of carbonyl (C=O) groups excluding carboxylic acids is 1. The summed E-state index contributed by atoms with van der Waals surface area (Å²) in [6.07, 6.45) is 17.1. The third-order valence-corrected chi connectivity index (χ3v) is 6.03. The lowest BCUT2D eigenvalue weighted by atomic mass is 9.92. The molecule has 1 atom stereocenters. The summed E-state index contributed by atoms with van der Waals surface area (Å²) in [4.78, 5) is 17.5. The zero-order valence-electron chi connectivity index (χ0n) is 22.8. The van der Waals surface area contributed by atoms with Crippen molar-refractivity contribution in [1.82, 2.24) is 5.32 Å². The maximum atomic E-state index is 8.58. The van der Waals surface area contributed by atoms with Gasteiger partial charge in [0.2, 0.25) is 6.41 Å². The van der Waals surface area contributed by atoms with Gasteiger partial charge in [-0.05, 0) is 86.1 Å². The first-order valence-electron chi connectivity index (χ1n) is 13.2. The van der Waals surface area contributed by atoms with Gasteiger partial charge in [-0.15, -0.1) is 0 Å². The van der Waals surface area contributed by atoms with Crippen LogP contribution in [0.1, 0.15) is 43.7 Å². The quantitative estimate of drug-likeness (QED) is 0.237. The molecule has 0 spiro atoms. The molecule has 1 heterocycles. The molecule has 0 aliphatic carbocycles. The Morgan fingerprint density at radius 3 is 2.77 bits per heavy atom. The number of allylic oxidation sites excluding steroid dienone is 5. The molecular formula is C32H41N5O2. The summed E-state index contributed by atoms with van der Waals surface area (Å²) in [5.41, 5.74) is 14.8. The van der Waals surface area contributed by atoms with Gasteiger partial charge in [-0.3, -0.25) is 9.79 Å². The Morgan fingerprint density at radius 2 is 2.00 bits per heavy atom. The third kappa shape index (κ3) is 13.6. The highest BCUT2D eigenvalue weighted by Crippen LogP contribution is 2.20. The number of para-hydroxylation sites is 1. The second-order valence-corrected chi connectivity index (χ2v) is 9.16. The molecule has 2 aromatic rings. The summed E-state index contributed by atoms with van der Waals surface area (Å²) in [5, 5.41) is 3.43. The van der Waals surface area contributed by atoms with Gasteiger partial charge in [0, 0.05) is 25.5 Å². The van der Waals surface area contributed by atoms with E-state index in [0.717, 1.165) is 49.9 Å². The van der Waals surface area contributed by atoms with Crippen LogP contribution in [0.4, 0.5) is 0 Å². The maximum Gasteiger partial charge on any atom is 0.292 e. The zero-order valence-corrected chi connectivity index (χ0v) is 22.8. The van der Waals surface area contributed by atoms with E-state index in [-0.39, 0.29) is 12.4 Å². The molecule has 0 saturated carbocycles. The van der Waals surface area contributed by atoms with E-state index >= 15 is 0 Å². The number of carbonyl (C=O) groups is 1. The number of nitrogens with one attached hydrogen (secondary N) is 1. The smallest absolute Gasteiger partial charge is 0.292 e. The van der Waals surface area contributed by atoms with E-state index in [9.17, 15) is 0 Å². The fraction of sp³-hybridized carbons (Fsp3) is 0.281. The Labute approximate surface area is 232 Å². The van der Waals surface area contributed by atoms with E-state index in [2.05, 4.69) is 59.9 Å². The molecule has 5 N–H and O–H groups in total. The molecule has 1 aliphatic rings. The van der Waals surface area contributed by atoms with Crippen LogP contribution in [-0.2, 0) is 11.2 Å². The van der Waals surface area contributed by atoms with Crippen LogP contribution in [0.5, 0.6) is 5.75 Å². The van der Waals surface area contributed by atoms with Gasteiger partial charge < -0.3 is 21.5 Å².